The standard InChI is InChI=1S/C10H14N2OS/c1-11-10(9-6-12-7-14-9)5-3-2-4-8(10)13/h6-7,11H,2-5H2,1H3/t10-/m1/s1. The van der Waals surface area contributed by atoms with E-state index < -0.39 is 5.54 Å². The van der Waals surface area contributed by atoms with E-state index in [-0.39, 0.29) is 0 Å². The molecule has 1 atom stereocenters. The molecule has 0 spiro atoms. The number of likely N-dealkylation sites (N-methyl/N-ethyl adjacent to an activating group) is 1. The lowest BCUT2D eigenvalue weighted by atomic mass is 9.80. The number of carbonyl (C=O) groups excluding carboxylic acids is 1. The molecule has 1 fully saturated rings. The van der Waals surface area contributed by atoms with Crippen LogP contribution in [-0.2, 0) is 10.3 Å². The van der Waals surface area contributed by atoms with Crippen molar-refractivity contribution < 1.29 is 4.79 Å². The van der Waals surface area contributed by atoms with E-state index in [9.17, 15) is 4.79 Å². The first-order valence-electron chi connectivity index (χ1n) is 4.91. The van der Waals surface area contributed by atoms with E-state index in [1.807, 2.05) is 13.2 Å². The van der Waals surface area contributed by atoms with Crippen molar-refractivity contribution in [2.45, 2.75) is 31.2 Å². The van der Waals surface area contributed by atoms with Crippen LogP contribution in [0.1, 0.15) is 30.6 Å². The number of carbonyl (C=O) groups is 1. The summed E-state index contributed by atoms with van der Waals surface area (Å²) in [7, 11) is 1.86. The van der Waals surface area contributed by atoms with Crippen molar-refractivity contribution in [1.29, 1.82) is 0 Å². The van der Waals surface area contributed by atoms with Crippen LogP contribution in [0, 0.1) is 0 Å². The molecule has 0 unspecified atom stereocenters. The first kappa shape index (κ1) is 9.80. The van der Waals surface area contributed by atoms with Crippen molar-refractivity contribution in [3.63, 3.8) is 0 Å². The second kappa shape index (κ2) is 3.79. The Bertz CT molecular complexity index is 323. The summed E-state index contributed by atoms with van der Waals surface area (Å²) in [6.45, 7) is 0. The van der Waals surface area contributed by atoms with Gasteiger partial charge >= 0.3 is 0 Å². The van der Waals surface area contributed by atoms with Crippen LogP contribution >= 0.6 is 11.3 Å². The number of Topliss-reactive ketones (excluding diaryl/α,β-unsaturated/α-hetero) is 1. The predicted octanol–water partition coefficient (Wildman–Crippen LogP) is 1.70. The molecule has 1 heterocycles. The predicted molar refractivity (Wildman–Crippen MR) is 56.3 cm³/mol. The van der Waals surface area contributed by atoms with Crippen LogP contribution in [0.2, 0.25) is 0 Å². The van der Waals surface area contributed by atoms with Gasteiger partial charge < -0.3 is 5.32 Å². The van der Waals surface area contributed by atoms with Crippen LogP contribution in [0.15, 0.2) is 11.7 Å². The summed E-state index contributed by atoms with van der Waals surface area (Å²) in [5.41, 5.74) is 1.36. The highest BCUT2D eigenvalue weighted by molar-refractivity contribution is 7.09. The first-order chi connectivity index (χ1) is 6.79. The zero-order valence-electron chi connectivity index (χ0n) is 8.25. The maximum atomic E-state index is 12.0. The largest absolute Gasteiger partial charge is 0.304 e. The van der Waals surface area contributed by atoms with Gasteiger partial charge in [0.1, 0.15) is 5.54 Å². The quantitative estimate of drug-likeness (QED) is 0.808. The Morgan fingerprint density at radius 2 is 2.43 bits per heavy atom. The lowest BCUT2D eigenvalue weighted by Crippen LogP contribution is -2.48. The molecule has 1 aliphatic carbocycles. The van der Waals surface area contributed by atoms with Gasteiger partial charge in [-0.05, 0) is 19.9 Å². The Kier molecular flexibility index (Phi) is 2.65. The van der Waals surface area contributed by atoms with Crippen LogP contribution in [0.4, 0.5) is 0 Å². The van der Waals surface area contributed by atoms with E-state index in [0.29, 0.717) is 12.2 Å². The Morgan fingerprint density at radius 1 is 1.57 bits per heavy atom. The van der Waals surface area contributed by atoms with Gasteiger partial charge in [-0.1, -0.05) is 6.42 Å². The van der Waals surface area contributed by atoms with Crippen LogP contribution in [0.3, 0.4) is 0 Å². The van der Waals surface area contributed by atoms with Crippen molar-refractivity contribution in [2.24, 2.45) is 0 Å². The molecule has 0 bridgehead atoms. The molecule has 1 aromatic heterocycles. The van der Waals surface area contributed by atoms with E-state index >= 15 is 0 Å². The fourth-order valence-corrected chi connectivity index (χ4v) is 2.98. The molecule has 0 aromatic carbocycles. The molecule has 3 nitrogen and oxygen atoms in total. The zero-order valence-corrected chi connectivity index (χ0v) is 9.06. The highest BCUT2D eigenvalue weighted by atomic mass is 32.1. The van der Waals surface area contributed by atoms with Gasteiger partial charge in [0.2, 0.25) is 0 Å². The zero-order chi connectivity index (χ0) is 10.0. The van der Waals surface area contributed by atoms with Gasteiger partial charge in [0.15, 0.2) is 5.78 Å². The maximum Gasteiger partial charge on any atom is 0.158 e. The molecule has 4 heteroatoms. The fraction of sp³-hybridized carbons (Fsp3) is 0.600. The molecule has 14 heavy (non-hydrogen) atoms. The van der Waals surface area contributed by atoms with Gasteiger partial charge in [-0.15, -0.1) is 11.3 Å². The molecule has 1 aromatic rings. The number of thiazole rings is 1. The summed E-state index contributed by atoms with van der Waals surface area (Å²) in [6, 6.07) is 0. The minimum atomic E-state index is -0.431. The van der Waals surface area contributed by atoms with Gasteiger partial charge in [0, 0.05) is 12.6 Å². The van der Waals surface area contributed by atoms with Gasteiger partial charge in [0.25, 0.3) is 0 Å². The second-order valence-electron chi connectivity index (χ2n) is 3.65. The molecule has 2 rings (SSSR count). The highest BCUT2D eigenvalue weighted by Crippen LogP contribution is 2.35. The van der Waals surface area contributed by atoms with Crippen LogP contribution < -0.4 is 5.32 Å². The van der Waals surface area contributed by atoms with E-state index in [1.165, 1.54) is 0 Å². The van der Waals surface area contributed by atoms with Crippen molar-refractivity contribution in [3.8, 4) is 0 Å². The lowest BCUT2D eigenvalue weighted by molar-refractivity contribution is -0.127. The summed E-state index contributed by atoms with van der Waals surface area (Å²) >= 11 is 1.56. The van der Waals surface area contributed by atoms with Crippen LogP contribution in [0.5, 0.6) is 0 Å². The van der Waals surface area contributed by atoms with E-state index in [1.54, 1.807) is 16.8 Å². The second-order valence-corrected chi connectivity index (χ2v) is 4.54. The Hall–Kier alpha value is -0.740. The lowest BCUT2D eigenvalue weighted by Gasteiger charge is -2.34. The summed E-state index contributed by atoms with van der Waals surface area (Å²) in [4.78, 5) is 17.1. The monoisotopic (exact) mass is 210 g/mol. The molecule has 0 radical (unpaired) electrons. The van der Waals surface area contributed by atoms with Crippen LogP contribution in [-0.4, -0.2) is 17.8 Å². The minimum Gasteiger partial charge on any atom is -0.304 e. The average molecular weight is 210 g/mol. The summed E-state index contributed by atoms with van der Waals surface area (Å²) in [5, 5.41) is 3.19. The fourth-order valence-electron chi connectivity index (χ4n) is 2.10. The smallest absolute Gasteiger partial charge is 0.158 e. The summed E-state index contributed by atoms with van der Waals surface area (Å²) in [5.74, 6) is 0.315. The van der Waals surface area contributed by atoms with Crippen molar-refractivity contribution in [3.05, 3.63) is 16.6 Å². The summed E-state index contributed by atoms with van der Waals surface area (Å²) < 4.78 is 0. The Balaban J connectivity index is 2.37. The molecule has 0 amide bonds. The maximum absolute atomic E-state index is 12.0. The van der Waals surface area contributed by atoms with Crippen molar-refractivity contribution >= 4 is 17.1 Å². The van der Waals surface area contributed by atoms with E-state index in [0.717, 1.165) is 24.1 Å². The number of hydrogen-bond acceptors (Lipinski definition) is 4. The van der Waals surface area contributed by atoms with Crippen LogP contribution in [0.25, 0.3) is 0 Å². The van der Waals surface area contributed by atoms with Gasteiger partial charge in [0.05, 0.1) is 10.4 Å². The topological polar surface area (TPSA) is 42.0 Å². The van der Waals surface area contributed by atoms with Crippen molar-refractivity contribution in [1.82, 2.24) is 10.3 Å². The molecule has 1 saturated carbocycles. The van der Waals surface area contributed by atoms with Gasteiger partial charge in [-0.2, -0.15) is 0 Å². The van der Waals surface area contributed by atoms with E-state index in [4.69, 9.17) is 0 Å². The number of nitrogens with zero attached hydrogens (tertiary/aromatic N) is 1. The molecule has 0 saturated heterocycles. The number of rotatable bonds is 2. The molecular weight excluding hydrogens is 196 g/mol. The minimum absolute atomic E-state index is 0.315. The molecule has 1 aliphatic rings. The highest BCUT2D eigenvalue weighted by Gasteiger charge is 2.40. The third-order valence-electron chi connectivity index (χ3n) is 2.96. The Labute approximate surface area is 87.6 Å². The number of aromatic nitrogens is 1. The molecule has 1 N–H and O–H groups in total. The van der Waals surface area contributed by atoms with Gasteiger partial charge in [-0.25, -0.2) is 0 Å². The first-order valence-corrected chi connectivity index (χ1v) is 5.79. The molecule has 0 aliphatic heterocycles. The third-order valence-corrected chi connectivity index (χ3v) is 3.90. The van der Waals surface area contributed by atoms with Crippen molar-refractivity contribution in [2.75, 3.05) is 7.05 Å². The molecular formula is C10H14N2OS. The SMILES string of the molecule is CN[C@]1(c2cncs2)CCCCC1=O. The number of hydrogen-bond donors (Lipinski definition) is 1. The average Bonchev–Trinajstić information content (AvgIpc) is 2.72. The Morgan fingerprint density at radius 3 is 3.00 bits per heavy atom. The molecule has 76 valence electrons. The summed E-state index contributed by atoms with van der Waals surface area (Å²) in [6.07, 6.45) is 5.55. The van der Waals surface area contributed by atoms with Gasteiger partial charge in [-0.3, -0.25) is 9.78 Å². The third kappa shape index (κ3) is 1.38. The number of nitrogens with one attached hydrogen (secondary N) is 1. The normalized spacial score (nSPS) is 27.9. The van der Waals surface area contributed by atoms with E-state index in [2.05, 4.69) is 10.3 Å². The number of ketones is 1.